The maximum Gasteiger partial charge on any atom is 0.170 e. The molecule has 2 aromatic rings. The van der Waals surface area contributed by atoms with Gasteiger partial charge in [0.05, 0.1) is 11.3 Å². The average molecular weight is 256 g/mol. The summed E-state index contributed by atoms with van der Waals surface area (Å²) >= 11 is 0. The molecule has 1 aromatic carbocycles. The van der Waals surface area contributed by atoms with Gasteiger partial charge in [-0.25, -0.2) is 0 Å². The third-order valence-corrected chi connectivity index (χ3v) is 3.40. The van der Waals surface area contributed by atoms with Crippen LogP contribution >= 0.6 is 0 Å². The van der Waals surface area contributed by atoms with Crippen LogP contribution in [0.1, 0.15) is 39.7 Å². The number of hydrogen-bond donors (Lipinski definition) is 0. The summed E-state index contributed by atoms with van der Waals surface area (Å²) in [6, 6.07) is 6.24. The van der Waals surface area contributed by atoms with Crippen molar-refractivity contribution in [2.45, 2.75) is 33.6 Å². The minimum atomic E-state index is 0.152. The van der Waals surface area contributed by atoms with Gasteiger partial charge in [-0.1, -0.05) is 30.7 Å². The second kappa shape index (κ2) is 5.39. The summed E-state index contributed by atoms with van der Waals surface area (Å²) in [6.07, 6.45) is 3.06. The highest BCUT2D eigenvalue weighted by molar-refractivity contribution is 5.98. The number of carbonyl (C=O) groups is 1. The highest BCUT2D eigenvalue weighted by atomic mass is 16.1. The van der Waals surface area contributed by atoms with Gasteiger partial charge in [-0.15, -0.1) is 0 Å². The minimum absolute atomic E-state index is 0.152. The number of rotatable bonds is 4. The fraction of sp³-hybridized carbons (Fsp3) is 0.375. The Morgan fingerprint density at radius 2 is 2.05 bits per heavy atom. The van der Waals surface area contributed by atoms with Gasteiger partial charge in [0.2, 0.25) is 0 Å². The largest absolute Gasteiger partial charge is 0.294 e. The second-order valence-electron chi connectivity index (χ2n) is 5.05. The fourth-order valence-corrected chi connectivity index (χ4v) is 2.29. The van der Waals surface area contributed by atoms with E-state index in [9.17, 15) is 4.79 Å². The van der Waals surface area contributed by atoms with Crippen LogP contribution in [0.15, 0.2) is 24.4 Å². The summed E-state index contributed by atoms with van der Waals surface area (Å²) in [5.41, 5.74) is 5.11. The van der Waals surface area contributed by atoms with Crippen LogP contribution in [-0.4, -0.2) is 15.6 Å². The lowest BCUT2D eigenvalue weighted by molar-refractivity contribution is 0.0992. The Balaban J connectivity index is 2.27. The summed E-state index contributed by atoms with van der Waals surface area (Å²) in [5.74, 6) is 0.152. The van der Waals surface area contributed by atoms with Gasteiger partial charge >= 0.3 is 0 Å². The van der Waals surface area contributed by atoms with E-state index in [1.165, 1.54) is 11.1 Å². The highest BCUT2D eigenvalue weighted by Gasteiger charge is 2.15. The van der Waals surface area contributed by atoms with Gasteiger partial charge in [-0.05, 0) is 31.4 Å². The first-order valence-electron chi connectivity index (χ1n) is 6.63. The van der Waals surface area contributed by atoms with Crippen molar-refractivity contribution in [3.63, 3.8) is 0 Å². The van der Waals surface area contributed by atoms with Crippen LogP contribution in [0.5, 0.6) is 0 Å². The lowest BCUT2D eigenvalue weighted by atomic mass is 9.98. The summed E-state index contributed by atoms with van der Waals surface area (Å²) in [6.45, 7) is 6.12. The van der Waals surface area contributed by atoms with E-state index in [4.69, 9.17) is 0 Å². The highest BCUT2D eigenvalue weighted by Crippen LogP contribution is 2.16. The summed E-state index contributed by atoms with van der Waals surface area (Å²) in [5, 5.41) is 4.33. The molecule has 0 bridgehead atoms. The Hall–Kier alpha value is -1.90. The van der Waals surface area contributed by atoms with Crippen molar-refractivity contribution in [2.75, 3.05) is 0 Å². The maximum absolute atomic E-state index is 12.4. The van der Waals surface area contributed by atoms with Gasteiger partial charge in [-0.2, -0.15) is 5.10 Å². The molecule has 0 fully saturated rings. The van der Waals surface area contributed by atoms with E-state index in [0.717, 1.165) is 23.2 Å². The molecule has 0 N–H and O–H groups in total. The van der Waals surface area contributed by atoms with E-state index in [1.807, 2.05) is 27.1 Å². The molecule has 2 rings (SSSR count). The van der Waals surface area contributed by atoms with Crippen LogP contribution in [0.4, 0.5) is 0 Å². The number of aromatic nitrogens is 2. The zero-order chi connectivity index (χ0) is 14.0. The molecule has 0 aliphatic heterocycles. The second-order valence-corrected chi connectivity index (χ2v) is 5.05. The molecule has 0 aliphatic carbocycles. The molecule has 100 valence electrons. The van der Waals surface area contributed by atoms with Crippen LogP contribution in [0, 0.1) is 13.8 Å². The third kappa shape index (κ3) is 2.92. The molecule has 1 aromatic heterocycles. The molecule has 3 heteroatoms. The summed E-state index contributed by atoms with van der Waals surface area (Å²) < 4.78 is 1.72. The fourth-order valence-electron chi connectivity index (χ4n) is 2.29. The Labute approximate surface area is 114 Å². The predicted octanol–water partition coefficient (Wildman–Crippen LogP) is 3.02. The third-order valence-electron chi connectivity index (χ3n) is 3.40. The van der Waals surface area contributed by atoms with E-state index in [2.05, 4.69) is 30.2 Å². The molecule has 0 radical (unpaired) electrons. The molecular formula is C16H20N2O. The monoisotopic (exact) mass is 256 g/mol. The summed E-state index contributed by atoms with van der Waals surface area (Å²) in [7, 11) is 1.86. The minimum Gasteiger partial charge on any atom is -0.294 e. The number of benzene rings is 1. The lowest BCUT2D eigenvalue weighted by Gasteiger charge is -2.06. The first-order chi connectivity index (χ1) is 9.01. The molecular weight excluding hydrogens is 236 g/mol. The first kappa shape index (κ1) is 13.5. The van der Waals surface area contributed by atoms with Crippen molar-refractivity contribution < 1.29 is 4.79 Å². The normalized spacial score (nSPS) is 10.7. The van der Waals surface area contributed by atoms with Gasteiger partial charge < -0.3 is 0 Å². The SMILES string of the molecule is CCc1nn(C)cc1C(=O)Cc1cc(C)ccc1C. The van der Waals surface area contributed by atoms with Crippen molar-refractivity contribution in [1.29, 1.82) is 0 Å². The van der Waals surface area contributed by atoms with Crippen molar-refractivity contribution >= 4 is 5.78 Å². The first-order valence-corrected chi connectivity index (χ1v) is 6.63. The maximum atomic E-state index is 12.4. The number of hydrogen-bond acceptors (Lipinski definition) is 2. The number of carbonyl (C=O) groups excluding carboxylic acids is 1. The molecule has 1 heterocycles. The number of Topliss-reactive ketones (excluding diaryl/α,β-unsaturated/α-hetero) is 1. The van der Waals surface area contributed by atoms with Crippen molar-refractivity contribution in [1.82, 2.24) is 9.78 Å². The van der Waals surface area contributed by atoms with Gasteiger partial charge in [-0.3, -0.25) is 9.48 Å². The standard InChI is InChI=1S/C16H20N2O/c1-5-15-14(10-18(4)17-15)16(19)9-13-8-11(2)6-7-12(13)3/h6-8,10H,5,9H2,1-4H3. The average Bonchev–Trinajstić information content (AvgIpc) is 2.75. The zero-order valence-electron chi connectivity index (χ0n) is 12.0. The van der Waals surface area contributed by atoms with Crippen molar-refractivity contribution in [2.24, 2.45) is 7.05 Å². The van der Waals surface area contributed by atoms with Gasteiger partial charge in [0.15, 0.2) is 5.78 Å². The van der Waals surface area contributed by atoms with E-state index in [1.54, 1.807) is 4.68 Å². The van der Waals surface area contributed by atoms with Crippen LogP contribution in [0.25, 0.3) is 0 Å². The van der Waals surface area contributed by atoms with Crippen LogP contribution in [-0.2, 0) is 19.9 Å². The predicted molar refractivity (Wildman–Crippen MR) is 76.5 cm³/mol. The molecule has 0 aliphatic rings. The molecule has 0 atom stereocenters. The van der Waals surface area contributed by atoms with E-state index < -0.39 is 0 Å². The quantitative estimate of drug-likeness (QED) is 0.788. The van der Waals surface area contributed by atoms with E-state index in [-0.39, 0.29) is 5.78 Å². The Bertz CT molecular complexity index is 611. The molecule has 19 heavy (non-hydrogen) atoms. The number of aryl methyl sites for hydroxylation is 4. The van der Waals surface area contributed by atoms with E-state index in [0.29, 0.717) is 6.42 Å². The molecule has 0 unspecified atom stereocenters. The van der Waals surface area contributed by atoms with Gasteiger partial charge in [0.25, 0.3) is 0 Å². The Morgan fingerprint density at radius 3 is 2.74 bits per heavy atom. The topological polar surface area (TPSA) is 34.9 Å². The van der Waals surface area contributed by atoms with Gasteiger partial charge in [0.1, 0.15) is 0 Å². The smallest absolute Gasteiger partial charge is 0.170 e. The van der Waals surface area contributed by atoms with Crippen molar-refractivity contribution in [3.8, 4) is 0 Å². The molecule has 0 saturated heterocycles. The van der Waals surface area contributed by atoms with Crippen LogP contribution in [0.2, 0.25) is 0 Å². The number of ketones is 1. The number of nitrogens with zero attached hydrogens (tertiary/aromatic N) is 2. The van der Waals surface area contributed by atoms with E-state index >= 15 is 0 Å². The Kier molecular flexibility index (Phi) is 3.84. The molecule has 0 saturated carbocycles. The van der Waals surface area contributed by atoms with Crippen molar-refractivity contribution in [3.05, 3.63) is 52.3 Å². The Morgan fingerprint density at radius 1 is 1.32 bits per heavy atom. The van der Waals surface area contributed by atoms with Crippen LogP contribution < -0.4 is 0 Å². The molecule has 3 nitrogen and oxygen atoms in total. The van der Waals surface area contributed by atoms with Crippen LogP contribution in [0.3, 0.4) is 0 Å². The van der Waals surface area contributed by atoms with Gasteiger partial charge in [0, 0.05) is 19.7 Å². The molecule has 0 amide bonds. The molecule has 0 spiro atoms. The zero-order valence-corrected chi connectivity index (χ0v) is 12.0. The summed E-state index contributed by atoms with van der Waals surface area (Å²) in [4.78, 5) is 12.4. The lowest BCUT2D eigenvalue weighted by Crippen LogP contribution is -2.06.